The minimum atomic E-state index is -0.193. The van der Waals surface area contributed by atoms with Crippen molar-refractivity contribution in [1.82, 2.24) is 34.5 Å². The van der Waals surface area contributed by atoms with Crippen LogP contribution in [0.5, 0.6) is 0 Å². The molecule has 0 amide bonds. The summed E-state index contributed by atoms with van der Waals surface area (Å²) in [6.45, 7) is 4.12. The van der Waals surface area contributed by atoms with Gasteiger partial charge in [-0.05, 0) is 25.8 Å². The molecule has 11 heteroatoms. The van der Waals surface area contributed by atoms with Crippen LogP contribution in [0.1, 0.15) is 25.8 Å². The Bertz CT molecular complexity index is 1320. The van der Waals surface area contributed by atoms with Gasteiger partial charge in [0.25, 0.3) is 5.56 Å². The van der Waals surface area contributed by atoms with Gasteiger partial charge in [-0.1, -0.05) is 0 Å². The van der Waals surface area contributed by atoms with Crippen molar-refractivity contribution in [1.29, 1.82) is 0 Å². The molecule has 0 spiro atoms. The molecule has 32 heavy (non-hydrogen) atoms. The first-order valence-electron chi connectivity index (χ1n) is 10.6. The Balaban J connectivity index is 1.50. The van der Waals surface area contributed by atoms with Gasteiger partial charge in [0.05, 0.1) is 16.9 Å². The van der Waals surface area contributed by atoms with Crippen molar-refractivity contribution in [3.05, 3.63) is 41.1 Å². The average molecular weight is 435 g/mol. The van der Waals surface area contributed by atoms with Crippen LogP contribution in [0, 0.1) is 0 Å². The van der Waals surface area contributed by atoms with E-state index >= 15 is 0 Å². The van der Waals surface area contributed by atoms with Gasteiger partial charge >= 0.3 is 0 Å². The van der Waals surface area contributed by atoms with Crippen molar-refractivity contribution in [2.24, 2.45) is 7.05 Å². The summed E-state index contributed by atoms with van der Waals surface area (Å²) in [5, 5.41) is 21.3. The number of nitrogens with zero attached hydrogens (tertiary/aromatic N) is 7. The Morgan fingerprint density at radius 1 is 1.28 bits per heavy atom. The summed E-state index contributed by atoms with van der Waals surface area (Å²) in [4.78, 5) is 27.7. The highest BCUT2D eigenvalue weighted by atomic mass is 16.3. The minimum absolute atomic E-state index is 0.0447. The van der Waals surface area contributed by atoms with Crippen LogP contribution in [-0.4, -0.2) is 59.3 Å². The molecule has 11 nitrogen and oxygen atoms in total. The van der Waals surface area contributed by atoms with Gasteiger partial charge in [-0.25, -0.2) is 15.0 Å². The van der Waals surface area contributed by atoms with Crippen LogP contribution in [0.25, 0.3) is 22.3 Å². The predicted octanol–water partition coefficient (Wildman–Crippen LogP) is 1.81. The highest BCUT2D eigenvalue weighted by molar-refractivity contribution is 5.92. The molecule has 4 aromatic rings. The van der Waals surface area contributed by atoms with E-state index in [-0.39, 0.29) is 18.2 Å². The molecule has 1 fully saturated rings. The third-order valence-corrected chi connectivity index (χ3v) is 5.78. The summed E-state index contributed by atoms with van der Waals surface area (Å²) in [5.74, 6) is 2.40. The van der Waals surface area contributed by atoms with Crippen LogP contribution in [0.3, 0.4) is 0 Å². The number of fused-ring (bicyclic) bond motifs is 1. The lowest BCUT2D eigenvalue weighted by Crippen LogP contribution is -2.37. The lowest BCUT2D eigenvalue weighted by Gasteiger charge is -2.31. The molecule has 0 radical (unpaired) electrons. The molecule has 0 saturated carbocycles. The first-order chi connectivity index (χ1) is 15.5. The Hall–Kier alpha value is -3.73. The largest absolute Gasteiger partial charge is 0.396 e. The van der Waals surface area contributed by atoms with Crippen molar-refractivity contribution in [3.8, 4) is 11.4 Å². The van der Waals surface area contributed by atoms with Crippen LogP contribution in [0.4, 0.5) is 17.5 Å². The lowest BCUT2D eigenvalue weighted by atomic mass is 10.2. The third kappa shape index (κ3) is 3.50. The number of hydrogen-bond acceptors (Lipinski definition) is 8. The number of aromatic nitrogens is 7. The Kier molecular flexibility index (Phi) is 5.10. The normalized spacial score (nSPS) is 14.5. The van der Waals surface area contributed by atoms with Crippen LogP contribution >= 0.6 is 0 Å². The van der Waals surface area contributed by atoms with E-state index in [9.17, 15) is 9.90 Å². The highest BCUT2D eigenvalue weighted by Gasteiger charge is 2.23. The molecule has 0 aliphatic carbocycles. The maximum absolute atomic E-state index is 12.2. The zero-order valence-electron chi connectivity index (χ0n) is 18.0. The molecule has 166 valence electrons. The number of H-pyrrole nitrogens is 1. The highest BCUT2D eigenvalue weighted by Crippen LogP contribution is 2.32. The fourth-order valence-electron chi connectivity index (χ4n) is 3.80. The van der Waals surface area contributed by atoms with Gasteiger partial charge in [0, 0.05) is 51.4 Å². The Morgan fingerprint density at radius 2 is 2.12 bits per heavy atom. The van der Waals surface area contributed by atoms with Crippen LogP contribution in [-0.2, 0) is 7.05 Å². The number of rotatable bonds is 7. The van der Waals surface area contributed by atoms with E-state index < -0.39 is 0 Å². The third-order valence-electron chi connectivity index (χ3n) is 5.78. The molecule has 5 heterocycles. The van der Waals surface area contributed by atoms with E-state index in [1.165, 1.54) is 4.68 Å². The molecule has 1 aliphatic heterocycles. The van der Waals surface area contributed by atoms with Gasteiger partial charge in [0.2, 0.25) is 0 Å². The average Bonchev–Trinajstić information content (AvgIpc) is 3.28. The fourth-order valence-corrected chi connectivity index (χ4v) is 3.80. The van der Waals surface area contributed by atoms with Crippen molar-refractivity contribution in [3.63, 3.8) is 0 Å². The number of aryl methyl sites for hydroxylation is 1. The van der Waals surface area contributed by atoms with Gasteiger partial charge in [-0.15, -0.1) is 0 Å². The summed E-state index contributed by atoms with van der Waals surface area (Å²) in [7, 11) is 1.64. The van der Waals surface area contributed by atoms with Gasteiger partial charge in [-0.3, -0.25) is 14.2 Å². The first kappa shape index (κ1) is 20.2. The number of aliphatic hydroxyl groups excluding tert-OH is 1. The van der Waals surface area contributed by atoms with Crippen LogP contribution < -0.4 is 15.8 Å². The van der Waals surface area contributed by atoms with Crippen molar-refractivity contribution in [2.45, 2.75) is 25.8 Å². The molecule has 1 unspecified atom stereocenters. The topological polar surface area (TPSA) is 130 Å². The summed E-state index contributed by atoms with van der Waals surface area (Å²) in [6.07, 6.45) is 6.79. The number of hydrogen-bond donors (Lipinski definition) is 3. The zero-order chi connectivity index (χ0) is 22.2. The van der Waals surface area contributed by atoms with Crippen molar-refractivity contribution >= 4 is 28.4 Å². The van der Waals surface area contributed by atoms with Gasteiger partial charge < -0.3 is 20.4 Å². The minimum Gasteiger partial charge on any atom is -0.396 e. The fraction of sp³-hybridized carbons (Fsp3) is 0.381. The standard InChI is InChI=1S/C21H25N9O2/c1-13(5-9-31)30-16-10-18(23-11-14(16)20(27-30)29-7-3-8-29)25-17-4-6-22-19(26-17)15-12-24-28(2)21(15)32/h4,6,10-13,24,31H,3,5,7-9H2,1-2H3,(H,22,23,25,26). The van der Waals surface area contributed by atoms with Crippen molar-refractivity contribution < 1.29 is 5.11 Å². The first-order valence-corrected chi connectivity index (χ1v) is 10.6. The van der Waals surface area contributed by atoms with E-state index in [4.69, 9.17) is 5.10 Å². The summed E-state index contributed by atoms with van der Waals surface area (Å²) in [6, 6.07) is 3.71. The molecule has 3 N–H and O–H groups in total. The second kappa shape index (κ2) is 8.08. The van der Waals surface area contributed by atoms with Gasteiger partial charge in [0.1, 0.15) is 17.2 Å². The van der Waals surface area contributed by atoms with E-state index in [2.05, 4.69) is 30.3 Å². The van der Waals surface area contributed by atoms with Crippen LogP contribution in [0.2, 0.25) is 0 Å². The van der Waals surface area contributed by atoms with E-state index in [1.807, 2.05) is 23.9 Å². The molecular formula is C21H25N9O2. The van der Waals surface area contributed by atoms with E-state index in [1.54, 1.807) is 25.5 Å². The molecule has 5 rings (SSSR count). The number of nitrogens with one attached hydrogen (secondary N) is 2. The molecule has 4 aromatic heterocycles. The molecular weight excluding hydrogens is 410 g/mol. The van der Waals surface area contributed by atoms with E-state index in [0.717, 1.165) is 36.2 Å². The SMILES string of the molecule is CC(CCO)n1nc(N2CCC2)c2cnc(Nc3ccnc(-c4c[nH]n(C)c4=O)n3)cc21. The number of aromatic amines is 1. The van der Waals surface area contributed by atoms with E-state index in [0.29, 0.717) is 29.4 Å². The van der Waals surface area contributed by atoms with Crippen LogP contribution in [0.15, 0.2) is 35.5 Å². The molecule has 1 aliphatic rings. The van der Waals surface area contributed by atoms with Gasteiger partial charge in [-0.2, -0.15) is 5.10 Å². The quantitative estimate of drug-likeness (QED) is 0.401. The molecule has 0 bridgehead atoms. The predicted molar refractivity (Wildman–Crippen MR) is 121 cm³/mol. The monoisotopic (exact) mass is 435 g/mol. The zero-order valence-corrected chi connectivity index (χ0v) is 18.0. The second-order valence-corrected chi connectivity index (χ2v) is 8.00. The number of pyridine rings is 1. The summed E-state index contributed by atoms with van der Waals surface area (Å²) >= 11 is 0. The molecule has 0 aromatic carbocycles. The summed E-state index contributed by atoms with van der Waals surface area (Å²) in [5.41, 5.74) is 1.15. The Morgan fingerprint density at radius 3 is 2.81 bits per heavy atom. The number of aliphatic hydroxyl groups is 1. The lowest BCUT2D eigenvalue weighted by molar-refractivity contribution is 0.259. The maximum Gasteiger partial charge on any atom is 0.277 e. The maximum atomic E-state index is 12.2. The smallest absolute Gasteiger partial charge is 0.277 e. The van der Waals surface area contributed by atoms with Crippen molar-refractivity contribution in [2.75, 3.05) is 29.9 Å². The summed E-state index contributed by atoms with van der Waals surface area (Å²) < 4.78 is 3.33. The van der Waals surface area contributed by atoms with Gasteiger partial charge in [0.15, 0.2) is 11.6 Å². The number of anilines is 3. The Labute approximate surface area is 183 Å². The molecule has 1 atom stereocenters. The second-order valence-electron chi connectivity index (χ2n) is 8.00. The molecule has 1 saturated heterocycles.